The zero-order chi connectivity index (χ0) is 8.65. The van der Waals surface area contributed by atoms with Gasteiger partial charge in [-0.25, -0.2) is 0 Å². The van der Waals surface area contributed by atoms with Crippen LogP contribution in [0.2, 0.25) is 0 Å². The lowest BCUT2D eigenvalue weighted by molar-refractivity contribution is 0.996. The monoisotopic (exact) mass is 179 g/mol. The largest absolute Gasteiger partial charge is 0.152 e. The van der Waals surface area contributed by atoms with E-state index < -0.39 is 0 Å². The molecule has 0 aromatic carbocycles. The first-order valence-corrected chi connectivity index (χ1v) is 4.57. The summed E-state index contributed by atoms with van der Waals surface area (Å²) in [7, 11) is 0. The Bertz CT molecular complexity index is 283. The Hall–Kier alpha value is -1.25. The Morgan fingerprint density at radius 1 is 1.67 bits per heavy atom. The molecule has 4 heteroatoms. The van der Waals surface area contributed by atoms with E-state index in [1.165, 1.54) is 5.56 Å². The fourth-order valence-corrected chi connectivity index (χ4v) is 1.39. The topological polar surface area (TPSA) is 48.8 Å². The fraction of sp³-hybridized carbons (Fsp3) is 0.250. The Balaban J connectivity index is 2.27. The van der Waals surface area contributed by atoms with Gasteiger partial charge in [-0.1, -0.05) is 17.3 Å². The Morgan fingerprint density at radius 3 is 3.25 bits per heavy atom. The highest BCUT2D eigenvalue weighted by Gasteiger charge is 1.83. The quantitative estimate of drug-likeness (QED) is 0.294. The van der Waals surface area contributed by atoms with Crippen LogP contribution in [0.25, 0.3) is 16.5 Å². The van der Waals surface area contributed by atoms with Crippen LogP contribution < -0.4 is 0 Å². The minimum atomic E-state index is 0.539. The first-order chi connectivity index (χ1) is 5.93. The van der Waals surface area contributed by atoms with Crippen LogP contribution in [0.4, 0.5) is 0 Å². The van der Waals surface area contributed by atoms with Gasteiger partial charge in [0.05, 0.1) is 0 Å². The molecule has 0 N–H and O–H groups in total. The molecule has 1 heterocycles. The van der Waals surface area contributed by atoms with E-state index in [4.69, 9.17) is 5.53 Å². The number of hydrogen-bond acceptors (Lipinski definition) is 2. The zero-order valence-electron chi connectivity index (χ0n) is 6.55. The molecule has 0 aliphatic heterocycles. The van der Waals surface area contributed by atoms with Gasteiger partial charge in [0.15, 0.2) is 0 Å². The van der Waals surface area contributed by atoms with E-state index in [0.29, 0.717) is 6.54 Å². The SMILES string of the molecule is [N-]=[N+]=NCC/C=C\c1ccsc1. The summed E-state index contributed by atoms with van der Waals surface area (Å²) >= 11 is 1.67. The van der Waals surface area contributed by atoms with Gasteiger partial charge in [-0.15, -0.1) is 0 Å². The van der Waals surface area contributed by atoms with Crippen LogP contribution in [-0.2, 0) is 0 Å². The van der Waals surface area contributed by atoms with Crippen molar-refractivity contribution in [2.75, 3.05) is 6.54 Å². The highest BCUT2D eigenvalue weighted by molar-refractivity contribution is 7.08. The lowest BCUT2D eigenvalue weighted by Gasteiger charge is -1.83. The molecule has 0 saturated heterocycles. The highest BCUT2D eigenvalue weighted by atomic mass is 32.1. The third-order valence-electron chi connectivity index (χ3n) is 1.31. The summed E-state index contributed by atoms with van der Waals surface area (Å²) in [6.07, 6.45) is 4.85. The van der Waals surface area contributed by atoms with Crippen molar-refractivity contribution in [1.29, 1.82) is 0 Å². The smallest absolute Gasteiger partial charge is 0.0292 e. The number of rotatable bonds is 4. The van der Waals surface area contributed by atoms with Crippen molar-refractivity contribution >= 4 is 17.4 Å². The summed E-state index contributed by atoms with van der Waals surface area (Å²) in [4.78, 5) is 2.66. The van der Waals surface area contributed by atoms with Gasteiger partial charge in [0, 0.05) is 11.5 Å². The summed E-state index contributed by atoms with van der Waals surface area (Å²) in [5.74, 6) is 0. The second-order valence-electron chi connectivity index (χ2n) is 2.20. The van der Waals surface area contributed by atoms with E-state index in [1.807, 2.05) is 17.5 Å². The average Bonchev–Trinajstić information content (AvgIpc) is 2.57. The van der Waals surface area contributed by atoms with Crippen molar-refractivity contribution in [3.63, 3.8) is 0 Å². The van der Waals surface area contributed by atoms with Crippen LogP contribution in [0.5, 0.6) is 0 Å². The molecule has 12 heavy (non-hydrogen) atoms. The van der Waals surface area contributed by atoms with Crippen LogP contribution >= 0.6 is 11.3 Å². The molecular formula is C8H9N3S. The van der Waals surface area contributed by atoms with Gasteiger partial charge in [0.1, 0.15) is 0 Å². The molecule has 0 saturated carbocycles. The van der Waals surface area contributed by atoms with Gasteiger partial charge in [0.2, 0.25) is 0 Å². The maximum absolute atomic E-state index is 7.99. The summed E-state index contributed by atoms with van der Waals surface area (Å²) in [6, 6.07) is 2.05. The molecular weight excluding hydrogens is 170 g/mol. The molecule has 0 fully saturated rings. The van der Waals surface area contributed by atoms with Crippen molar-refractivity contribution in [2.45, 2.75) is 6.42 Å². The third kappa shape index (κ3) is 3.23. The van der Waals surface area contributed by atoms with Gasteiger partial charge in [-0.2, -0.15) is 11.3 Å². The minimum Gasteiger partial charge on any atom is -0.152 e. The van der Waals surface area contributed by atoms with Crippen LogP contribution in [0, 0.1) is 0 Å². The maximum Gasteiger partial charge on any atom is 0.0292 e. The molecule has 0 radical (unpaired) electrons. The van der Waals surface area contributed by atoms with Crippen LogP contribution in [-0.4, -0.2) is 6.54 Å². The molecule has 0 aliphatic carbocycles. The molecule has 0 atom stereocenters. The van der Waals surface area contributed by atoms with Crippen molar-refractivity contribution < 1.29 is 0 Å². The minimum absolute atomic E-state index is 0.539. The number of azide groups is 1. The van der Waals surface area contributed by atoms with Gasteiger partial charge < -0.3 is 0 Å². The summed E-state index contributed by atoms with van der Waals surface area (Å²) in [5.41, 5.74) is 9.19. The standard InChI is InChI=1S/C8H9N3S/c9-11-10-5-2-1-3-8-4-6-12-7-8/h1,3-4,6-7H,2,5H2/b3-1-. The Morgan fingerprint density at radius 2 is 2.58 bits per heavy atom. The van der Waals surface area contributed by atoms with E-state index in [0.717, 1.165) is 6.42 Å². The third-order valence-corrected chi connectivity index (χ3v) is 2.01. The number of hydrogen-bond donors (Lipinski definition) is 0. The predicted octanol–water partition coefficient (Wildman–Crippen LogP) is 3.46. The Kier molecular flexibility index (Phi) is 3.98. The van der Waals surface area contributed by atoms with Crippen molar-refractivity contribution in [2.24, 2.45) is 5.11 Å². The summed E-state index contributed by atoms with van der Waals surface area (Å²) < 4.78 is 0. The molecule has 0 amide bonds. The molecule has 62 valence electrons. The molecule has 1 aromatic heterocycles. The normalized spacial score (nSPS) is 10.0. The van der Waals surface area contributed by atoms with Crippen LogP contribution in [0.1, 0.15) is 12.0 Å². The molecule has 3 nitrogen and oxygen atoms in total. The van der Waals surface area contributed by atoms with E-state index in [1.54, 1.807) is 11.3 Å². The van der Waals surface area contributed by atoms with E-state index in [-0.39, 0.29) is 0 Å². The number of thiophene rings is 1. The van der Waals surface area contributed by atoms with Gasteiger partial charge in [-0.3, -0.25) is 0 Å². The lowest BCUT2D eigenvalue weighted by atomic mass is 10.3. The second kappa shape index (κ2) is 5.41. The second-order valence-corrected chi connectivity index (χ2v) is 2.98. The molecule has 0 unspecified atom stereocenters. The van der Waals surface area contributed by atoms with E-state index in [2.05, 4.69) is 21.5 Å². The molecule has 1 aromatic rings. The van der Waals surface area contributed by atoms with Crippen LogP contribution in [0.3, 0.4) is 0 Å². The number of nitrogens with zero attached hydrogens (tertiary/aromatic N) is 3. The van der Waals surface area contributed by atoms with Crippen molar-refractivity contribution in [1.82, 2.24) is 0 Å². The van der Waals surface area contributed by atoms with Gasteiger partial charge in [0.25, 0.3) is 0 Å². The van der Waals surface area contributed by atoms with Gasteiger partial charge >= 0.3 is 0 Å². The fourth-order valence-electron chi connectivity index (χ4n) is 0.766. The van der Waals surface area contributed by atoms with Gasteiger partial charge in [-0.05, 0) is 34.3 Å². The maximum atomic E-state index is 7.99. The molecule has 0 spiro atoms. The lowest BCUT2D eigenvalue weighted by Crippen LogP contribution is -1.71. The van der Waals surface area contributed by atoms with Crippen molar-refractivity contribution in [3.8, 4) is 0 Å². The molecule has 0 aliphatic rings. The predicted molar refractivity (Wildman–Crippen MR) is 52.0 cm³/mol. The summed E-state index contributed by atoms with van der Waals surface area (Å²) in [6.45, 7) is 0.539. The van der Waals surface area contributed by atoms with Crippen molar-refractivity contribution in [3.05, 3.63) is 38.9 Å². The highest BCUT2D eigenvalue weighted by Crippen LogP contribution is 2.07. The molecule has 1 rings (SSSR count). The molecule has 0 bridgehead atoms. The summed E-state index contributed by atoms with van der Waals surface area (Å²) in [5, 5.41) is 7.53. The Labute approximate surface area is 75.0 Å². The van der Waals surface area contributed by atoms with Crippen LogP contribution in [0.15, 0.2) is 28.0 Å². The first-order valence-electron chi connectivity index (χ1n) is 3.63. The van der Waals surface area contributed by atoms with E-state index >= 15 is 0 Å². The zero-order valence-corrected chi connectivity index (χ0v) is 7.37. The van der Waals surface area contributed by atoms with E-state index in [9.17, 15) is 0 Å². The average molecular weight is 179 g/mol. The first kappa shape index (κ1) is 8.84.